The van der Waals surface area contributed by atoms with Crippen LogP contribution in [0.4, 0.5) is 5.69 Å². The van der Waals surface area contributed by atoms with E-state index in [1.54, 1.807) is 12.1 Å². The number of aryl methyl sites for hydroxylation is 1. The molecule has 1 aliphatic rings. The molecule has 0 aliphatic heterocycles. The van der Waals surface area contributed by atoms with Crippen molar-refractivity contribution in [1.29, 1.82) is 0 Å². The average Bonchev–Trinajstić information content (AvgIpc) is 2.42. The predicted octanol–water partition coefficient (Wildman–Crippen LogP) is 1.35. The Bertz CT molecular complexity index is 520. The zero-order valence-electron chi connectivity index (χ0n) is 11.7. The first kappa shape index (κ1) is 14.4. The van der Waals surface area contributed by atoms with Crippen LogP contribution in [0.5, 0.6) is 0 Å². The molecule has 2 rings (SSSR count). The SMILES string of the molecule is Cc1ccc(N)c(C(=O)NC2CCC(C(N)=O)CC2)c1. The highest BCUT2D eigenvalue weighted by Gasteiger charge is 2.26. The number of carbonyl (C=O) groups excluding carboxylic acids is 2. The van der Waals surface area contributed by atoms with Crippen molar-refractivity contribution in [1.82, 2.24) is 5.32 Å². The van der Waals surface area contributed by atoms with Crippen LogP contribution in [0.3, 0.4) is 0 Å². The number of carbonyl (C=O) groups is 2. The fraction of sp³-hybridized carbons (Fsp3) is 0.467. The van der Waals surface area contributed by atoms with E-state index in [1.807, 2.05) is 13.0 Å². The molecule has 0 unspecified atom stereocenters. The fourth-order valence-electron chi connectivity index (χ4n) is 2.65. The number of nitrogens with two attached hydrogens (primary N) is 2. The zero-order valence-corrected chi connectivity index (χ0v) is 11.7. The van der Waals surface area contributed by atoms with Gasteiger partial charge in [0, 0.05) is 17.6 Å². The van der Waals surface area contributed by atoms with Gasteiger partial charge in [-0.25, -0.2) is 0 Å². The third kappa shape index (κ3) is 3.29. The highest BCUT2D eigenvalue weighted by atomic mass is 16.2. The van der Waals surface area contributed by atoms with Crippen LogP contribution in [0.1, 0.15) is 41.6 Å². The summed E-state index contributed by atoms with van der Waals surface area (Å²) in [4.78, 5) is 23.3. The zero-order chi connectivity index (χ0) is 14.7. The third-order valence-electron chi connectivity index (χ3n) is 3.92. The van der Waals surface area contributed by atoms with E-state index < -0.39 is 0 Å². The van der Waals surface area contributed by atoms with Gasteiger partial charge >= 0.3 is 0 Å². The number of benzene rings is 1. The van der Waals surface area contributed by atoms with Gasteiger partial charge in [-0.1, -0.05) is 11.6 Å². The first-order chi connectivity index (χ1) is 9.47. The third-order valence-corrected chi connectivity index (χ3v) is 3.92. The molecular formula is C15H21N3O2. The number of rotatable bonds is 3. The molecule has 0 saturated heterocycles. The average molecular weight is 275 g/mol. The van der Waals surface area contributed by atoms with Crippen LogP contribution >= 0.6 is 0 Å². The van der Waals surface area contributed by atoms with E-state index in [2.05, 4.69) is 5.32 Å². The standard InChI is InChI=1S/C15H21N3O2/c1-9-2-7-13(16)12(8-9)15(20)18-11-5-3-10(4-6-11)14(17)19/h2,7-8,10-11H,3-6,16H2,1H3,(H2,17,19)(H,18,20). The van der Waals surface area contributed by atoms with Gasteiger partial charge in [0.25, 0.3) is 5.91 Å². The normalized spacial score (nSPS) is 22.2. The lowest BCUT2D eigenvalue weighted by Crippen LogP contribution is -2.40. The summed E-state index contributed by atoms with van der Waals surface area (Å²) in [6.45, 7) is 1.92. The summed E-state index contributed by atoms with van der Waals surface area (Å²) in [6.07, 6.45) is 3.04. The summed E-state index contributed by atoms with van der Waals surface area (Å²) in [5.74, 6) is -0.432. The molecule has 5 nitrogen and oxygen atoms in total. The molecule has 1 saturated carbocycles. The Labute approximate surface area is 118 Å². The molecule has 5 N–H and O–H groups in total. The molecule has 0 radical (unpaired) electrons. The Hall–Kier alpha value is -2.04. The number of hydrogen-bond donors (Lipinski definition) is 3. The van der Waals surface area contributed by atoms with Crippen molar-refractivity contribution in [3.8, 4) is 0 Å². The van der Waals surface area contributed by atoms with Gasteiger partial charge in [0.15, 0.2) is 0 Å². The summed E-state index contributed by atoms with van der Waals surface area (Å²) in [7, 11) is 0. The molecule has 1 aliphatic carbocycles. The van der Waals surface area contributed by atoms with Gasteiger partial charge in [0.05, 0.1) is 5.56 Å². The van der Waals surface area contributed by atoms with Crippen molar-refractivity contribution in [2.45, 2.75) is 38.6 Å². The first-order valence-electron chi connectivity index (χ1n) is 6.93. The monoisotopic (exact) mass is 275 g/mol. The van der Waals surface area contributed by atoms with Crippen molar-refractivity contribution < 1.29 is 9.59 Å². The Morgan fingerprint density at radius 1 is 1.20 bits per heavy atom. The molecule has 1 fully saturated rings. The van der Waals surface area contributed by atoms with Gasteiger partial charge in [-0.2, -0.15) is 0 Å². The topological polar surface area (TPSA) is 98.2 Å². The van der Waals surface area contributed by atoms with Crippen LogP contribution in [-0.4, -0.2) is 17.9 Å². The minimum atomic E-state index is -0.238. The van der Waals surface area contributed by atoms with Crippen molar-refractivity contribution >= 4 is 17.5 Å². The number of nitrogen functional groups attached to an aromatic ring is 1. The van der Waals surface area contributed by atoms with E-state index in [-0.39, 0.29) is 23.8 Å². The second-order valence-electron chi connectivity index (χ2n) is 5.52. The Morgan fingerprint density at radius 3 is 2.45 bits per heavy atom. The summed E-state index contributed by atoms with van der Waals surface area (Å²) in [5, 5.41) is 2.99. The van der Waals surface area contributed by atoms with Crippen molar-refractivity contribution in [3.63, 3.8) is 0 Å². The molecule has 0 bridgehead atoms. The second kappa shape index (κ2) is 5.94. The number of nitrogens with one attached hydrogen (secondary N) is 1. The van der Waals surface area contributed by atoms with Gasteiger partial charge in [-0.15, -0.1) is 0 Å². The van der Waals surface area contributed by atoms with Gasteiger partial charge in [0.2, 0.25) is 5.91 Å². The summed E-state index contributed by atoms with van der Waals surface area (Å²) in [5.41, 5.74) is 13.1. The van der Waals surface area contributed by atoms with Gasteiger partial charge < -0.3 is 16.8 Å². The highest BCUT2D eigenvalue weighted by Crippen LogP contribution is 2.24. The molecule has 2 amide bonds. The van der Waals surface area contributed by atoms with Crippen LogP contribution in [0.15, 0.2) is 18.2 Å². The molecule has 0 aromatic heterocycles. The molecule has 0 atom stereocenters. The lowest BCUT2D eigenvalue weighted by atomic mass is 9.85. The molecule has 1 aromatic rings. The summed E-state index contributed by atoms with van der Waals surface area (Å²) in [6, 6.07) is 5.51. The molecule has 1 aromatic carbocycles. The molecule has 108 valence electrons. The largest absolute Gasteiger partial charge is 0.398 e. The van der Waals surface area contributed by atoms with E-state index in [0.29, 0.717) is 11.3 Å². The Balaban J connectivity index is 1.96. The molecule has 20 heavy (non-hydrogen) atoms. The molecule has 0 heterocycles. The lowest BCUT2D eigenvalue weighted by Gasteiger charge is -2.27. The minimum Gasteiger partial charge on any atom is -0.398 e. The van der Waals surface area contributed by atoms with Crippen molar-refractivity contribution in [2.24, 2.45) is 11.7 Å². The summed E-state index contributed by atoms with van der Waals surface area (Å²) >= 11 is 0. The molecular weight excluding hydrogens is 254 g/mol. The van der Waals surface area contributed by atoms with E-state index in [0.717, 1.165) is 31.2 Å². The number of amides is 2. The van der Waals surface area contributed by atoms with Gasteiger partial charge in [0.1, 0.15) is 0 Å². The number of primary amides is 1. The van der Waals surface area contributed by atoms with E-state index in [4.69, 9.17) is 11.5 Å². The van der Waals surface area contributed by atoms with E-state index in [9.17, 15) is 9.59 Å². The maximum absolute atomic E-state index is 12.2. The van der Waals surface area contributed by atoms with Gasteiger partial charge in [-0.05, 0) is 44.7 Å². The maximum atomic E-state index is 12.2. The van der Waals surface area contributed by atoms with Crippen LogP contribution in [0.2, 0.25) is 0 Å². The molecule has 5 heteroatoms. The highest BCUT2D eigenvalue weighted by molar-refractivity contribution is 5.99. The fourth-order valence-corrected chi connectivity index (χ4v) is 2.65. The van der Waals surface area contributed by atoms with Crippen LogP contribution in [-0.2, 0) is 4.79 Å². The maximum Gasteiger partial charge on any atom is 0.253 e. The Kier molecular flexibility index (Phi) is 4.27. The molecule has 0 spiro atoms. The van der Waals surface area contributed by atoms with Crippen LogP contribution in [0, 0.1) is 12.8 Å². The smallest absolute Gasteiger partial charge is 0.253 e. The second-order valence-corrected chi connectivity index (χ2v) is 5.52. The van der Waals surface area contributed by atoms with E-state index >= 15 is 0 Å². The Morgan fingerprint density at radius 2 is 1.85 bits per heavy atom. The number of anilines is 1. The van der Waals surface area contributed by atoms with Crippen LogP contribution < -0.4 is 16.8 Å². The predicted molar refractivity (Wildman–Crippen MR) is 78.0 cm³/mol. The minimum absolute atomic E-state index is 0.0489. The quantitative estimate of drug-likeness (QED) is 0.726. The van der Waals surface area contributed by atoms with E-state index in [1.165, 1.54) is 0 Å². The lowest BCUT2D eigenvalue weighted by molar-refractivity contribution is -0.122. The van der Waals surface area contributed by atoms with Crippen molar-refractivity contribution in [2.75, 3.05) is 5.73 Å². The number of hydrogen-bond acceptors (Lipinski definition) is 3. The van der Waals surface area contributed by atoms with Crippen molar-refractivity contribution in [3.05, 3.63) is 29.3 Å². The summed E-state index contributed by atoms with van der Waals surface area (Å²) < 4.78 is 0. The van der Waals surface area contributed by atoms with Crippen LogP contribution in [0.25, 0.3) is 0 Å². The van der Waals surface area contributed by atoms with Gasteiger partial charge in [-0.3, -0.25) is 9.59 Å². The first-order valence-corrected chi connectivity index (χ1v) is 6.93.